The van der Waals surface area contributed by atoms with Crippen LogP contribution in [0.1, 0.15) is 36.0 Å². The Kier molecular flexibility index (Phi) is 7.04. The Labute approximate surface area is 209 Å². The minimum absolute atomic E-state index is 0.373. The van der Waals surface area contributed by atoms with Crippen molar-refractivity contribution in [2.75, 3.05) is 10.6 Å². The van der Waals surface area contributed by atoms with E-state index in [-0.39, 0.29) is 6.42 Å². The topological polar surface area (TPSA) is 95.5 Å². The van der Waals surface area contributed by atoms with Crippen LogP contribution in [-0.4, -0.2) is 28.3 Å². The number of para-hydroxylation sites is 2. The standard InChI is InChI=1S/C29H29FN2O4/c1-17-8-4-6-10-21(17)31-27(34)25-23(33)16-29(3,36)26(24(25)19-12-14-20(30)15-13-19)28(35)32-22-11-7-5-9-18(22)2/h4-15,24-26,36H,16H2,1-3H3,(H,31,34)(H,32,35)/t24-,25-,26+,29+/m1/s1. The van der Waals surface area contributed by atoms with E-state index in [9.17, 15) is 23.9 Å². The Morgan fingerprint density at radius 2 is 1.36 bits per heavy atom. The number of amides is 2. The van der Waals surface area contributed by atoms with Crippen LogP contribution in [0.15, 0.2) is 72.8 Å². The summed E-state index contributed by atoms with van der Waals surface area (Å²) in [4.78, 5) is 40.6. The van der Waals surface area contributed by atoms with Gasteiger partial charge in [0.15, 0.2) is 0 Å². The number of carbonyl (C=O) groups excluding carboxylic acids is 3. The van der Waals surface area contributed by atoms with Gasteiger partial charge in [-0.05, 0) is 61.7 Å². The summed E-state index contributed by atoms with van der Waals surface area (Å²) in [5, 5.41) is 17.0. The van der Waals surface area contributed by atoms with Gasteiger partial charge in [-0.2, -0.15) is 0 Å². The average molecular weight is 489 g/mol. The van der Waals surface area contributed by atoms with E-state index < -0.39 is 46.8 Å². The molecule has 0 aliphatic heterocycles. The van der Waals surface area contributed by atoms with E-state index in [1.165, 1.54) is 31.2 Å². The number of benzene rings is 3. The predicted octanol–water partition coefficient (Wildman–Crippen LogP) is 4.76. The van der Waals surface area contributed by atoms with Gasteiger partial charge in [-0.15, -0.1) is 0 Å². The number of hydrogen-bond donors (Lipinski definition) is 3. The molecule has 6 nitrogen and oxygen atoms in total. The molecule has 2 amide bonds. The molecule has 3 aromatic carbocycles. The third kappa shape index (κ3) is 5.06. The number of carbonyl (C=O) groups is 3. The van der Waals surface area contributed by atoms with Crippen molar-refractivity contribution in [3.8, 4) is 0 Å². The van der Waals surface area contributed by atoms with Gasteiger partial charge in [-0.25, -0.2) is 4.39 Å². The van der Waals surface area contributed by atoms with Gasteiger partial charge in [0.25, 0.3) is 0 Å². The normalized spacial score (nSPS) is 23.7. The van der Waals surface area contributed by atoms with Gasteiger partial charge >= 0.3 is 0 Å². The molecule has 1 fully saturated rings. The average Bonchev–Trinajstić information content (AvgIpc) is 2.81. The highest BCUT2D eigenvalue weighted by molar-refractivity contribution is 6.10. The predicted molar refractivity (Wildman–Crippen MR) is 136 cm³/mol. The maximum absolute atomic E-state index is 13.8. The summed E-state index contributed by atoms with van der Waals surface area (Å²) in [7, 11) is 0. The number of halogens is 1. The summed E-state index contributed by atoms with van der Waals surface area (Å²) in [6.07, 6.45) is -0.373. The van der Waals surface area contributed by atoms with E-state index >= 15 is 0 Å². The highest BCUT2D eigenvalue weighted by Gasteiger charge is 2.56. The summed E-state index contributed by atoms with van der Waals surface area (Å²) >= 11 is 0. The summed E-state index contributed by atoms with van der Waals surface area (Å²) in [6.45, 7) is 5.10. The Morgan fingerprint density at radius 1 is 0.861 bits per heavy atom. The maximum atomic E-state index is 13.8. The zero-order chi connectivity index (χ0) is 26.0. The monoisotopic (exact) mass is 488 g/mol. The largest absolute Gasteiger partial charge is 0.389 e. The quantitative estimate of drug-likeness (QED) is 0.451. The van der Waals surface area contributed by atoms with Crippen molar-refractivity contribution in [1.29, 1.82) is 0 Å². The van der Waals surface area contributed by atoms with E-state index in [0.717, 1.165) is 11.1 Å². The first kappa shape index (κ1) is 25.3. The first-order valence-electron chi connectivity index (χ1n) is 11.8. The lowest BCUT2D eigenvalue weighted by atomic mass is 9.61. The number of hydrogen-bond acceptors (Lipinski definition) is 4. The van der Waals surface area contributed by atoms with E-state index in [0.29, 0.717) is 16.9 Å². The lowest BCUT2D eigenvalue weighted by Crippen LogP contribution is -2.56. The molecule has 0 spiro atoms. The van der Waals surface area contributed by atoms with Crippen LogP contribution in [0.25, 0.3) is 0 Å². The van der Waals surface area contributed by atoms with Crippen LogP contribution in [0.3, 0.4) is 0 Å². The molecule has 3 N–H and O–H groups in total. The van der Waals surface area contributed by atoms with Gasteiger partial charge in [0.1, 0.15) is 17.5 Å². The lowest BCUT2D eigenvalue weighted by molar-refractivity contribution is -0.150. The van der Waals surface area contributed by atoms with Crippen molar-refractivity contribution >= 4 is 29.0 Å². The Morgan fingerprint density at radius 3 is 1.89 bits per heavy atom. The number of Topliss-reactive ketones (excluding diaryl/α,β-unsaturated/α-hetero) is 1. The van der Waals surface area contributed by atoms with Gasteiger partial charge in [0.05, 0.1) is 11.5 Å². The van der Waals surface area contributed by atoms with Gasteiger partial charge in [0.2, 0.25) is 11.8 Å². The second-order valence-electron chi connectivity index (χ2n) is 9.64. The zero-order valence-corrected chi connectivity index (χ0v) is 20.4. The number of rotatable bonds is 5. The molecule has 4 atom stereocenters. The minimum Gasteiger partial charge on any atom is -0.389 e. The van der Waals surface area contributed by atoms with Crippen molar-refractivity contribution in [3.63, 3.8) is 0 Å². The van der Waals surface area contributed by atoms with Gasteiger partial charge < -0.3 is 15.7 Å². The second-order valence-corrected chi connectivity index (χ2v) is 9.64. The number of ketones is 1. The number of aliphatic hydroxyl groups is 1. The molecule has 1 saturated carbocycles. The van der Waals surface area contributed by atoms with Crippen molar-refractivity contribution in [2.45, 2.75) is 38.7 Å². The van der Waals surface area contributed by atoms with Crippen LogP contribution in [0, 0.1) is 31.5 Å². The van der Waals surface area contributed by atoms with Crippen molar-refractivity contribution in [2.24, 2.45) is 11.8 Å². The van der Waals surface area contributed by atoms with Crippen molar-refractivity contribution in [1.82, 2.24) is 0 Å². The molecule has 0 radical (unpaired) electrons. The molecule has 0 unspecified atom stereocenters. The van der Waals surface area contributed by atoms with Crippen LogP contribution >= 0.6 is 0 Å². The van der Waals surface area contributed by atoms with Crippen LogP contribution in [0.4, 0.5) is 15.8 Å². The van der Waals surface area contributed by atoms with Crippen molar-refractivity contribution < 1.29 is 23.9 Å². The molecule has 1 aliphatic rings. The molecule has 0 heterocycles. The highest BCUT2D eigenvalue weighted by atomic mass is 19.1. The van der Waals surface area contributed by atoms with E-state index in [4.69, 9.17) is 0 Å². The SMILES string of the molecule is Cc1ccccc1NC(=O)[C@@H]1C(=O)C[C@](C)(O)[C@H](C(=O)Nc2ccccc2C)[C@@H]1c1ccc(F)cc1. The van der Waals surface area contributed by atoms with E-state index in [2.05, 4.69) is 10.6 Å². The van der Waals surface area contributed by atoms with Crippen LogP contribution in [0.5, 0.6) is 0 Å². The first-order valence-corrected chi connectivity index (χ1v) is 11.8. The first-order chi connectivity index (χ1) is 17.1. The minimum atomic E-state index is -1.73. The van der Waals surface area contributed by atoms with Crippen LogP contribution in [-0.2, 0) is 14.4 Å². The molecule has 7 heteroatoms. The fraction of sp³-hybridized carbons (Fsp3) is 0.276. The smallest absolute Gasteiger partial charge is 0.235 e. The Hall–Kier alpha value is -3.84. The third-order valence-corrected chi connectivity index (χ3v) is 6.89. The summed E-state index contributed by atoms with van der Waals surface area (Å²) < 4.78 is 13.8. The summed E-state index contributed by atoms with van der Waals surface area (Å²) in [5.41, 5.74) is 1.43. The van der Waals surface area contributed by atoms with Crippen molar-refractivity contribution in [3.05, 3.63) is 95.3 Å². The molecule has 1 aliphatic carbocycles. The molecule has 0 aromatic heterocycles. The lowest BCUT2D eigenvalue weighted by Gasteiger charge is -2.44. The molecular weight excluding hydrogens is 459 g/mol. The fourth-order valence-corrected chi connectivity index (χ4v) is 5.02. The third-order valence-electron chi connectivity index (χ3n) is 6.89. The molecule has 3 aromatic rings. The highest BCUT2D eigenvalue weighted by Crippen LogP contribution is 2.46. The Bertz CT molecular complexity index is 1300. The van der Waals surface area contributed by atoms with E-state index in [1.807, 2.05) is 38.1 Å². The zero-order valence-electron chi connectivity index (χ0n) is 20.4. The van der Waals surface area contributed by atoms with Gasteiger partial charge in [0, 0.05) is 23.7 Å². The second kappa shape index (κ2) is 10.0. The molecule has 186 valence electrons. The molecule has 0 bridgehead atoms. The summed E-state index contributed by atoms with van der Waals surface area (Å²) in [6, 6.07) is 19.7. The molecule has 4 rings (SSSR count). The molecular formula is C29H29FN2O4. The Balaban J connectivity index is 1.78. The maximum Gasteiger partial charge on any atom is 0.235 e. The number of aryl methyl sites for hydroxylation is 2. The van der Waals surface area contributed by atoms with E-state index in [1.54, 1.807) is 24.3 Å². The van der Waals surface area contributed by atoms with Gasteiger partial charge in [-0.1, -0.05) is 48.5 Å². The molecule has 0 saturated heterocycles. The number of anilines is 2. The van der Waals surface area contributed by atoms with Crippen LogP contribution < -0.4 is 10.6 Å². The molecule has 36 heavy (non-hydrogen) atoms. The van der Waals surface area contributed by atoms with Gasteiger partial charge in [-0.3, -0.25) is 14.4 Å². The number of nitrogens with one attached hydrogen (secondary N) is 2. The fourth-order valence-electron chi connectivity index (χ4n) is 5.02. The van der Waals surface area contributed by atoms with Crippen LogP contribution in [0.2, 0.25) is 0 Å². The summed E-state index contributed by atoms with van der Waals surface area (Å²) in [5.74, 6) is -5.52.